The summed E-state index contributed by atoms with van der Waals surface area (Å²) in [5.74, 6) is -1.71. The Balaban J connectivity index is 1.39. The Morgan fingerprint density at radius 1 is 0.860 bits per heavy atom. The molecule has 0 saturated carbocycles. The Hall–Kier alpha value is -5.13. The summed E-state index contributed by atoms with van der Waals surface area (Å²) in [6, 6.07) is 21.8. The van der Waals surface area contributed by atoms with Crippen LogP contribution in [0, 0.1) is 12.8 Å². The van der Waals surface area contributed by atoms with Crippen molar-refractivity contribution in [3.05, 3.63) is 137 Å². The third kappa shape index (κ3) is 7.69. The van der Waals surface area contributed by atoms with E-state index in [9.17, 15) is 22.8 Å². The SMILES string of the molecule is Cc1ccc(S(=O)(=O)n2cccc2[C@@H]2NC(=O)[C@H](Cc3c[nH]c4ccccc34)NC(=O)C[C@@H](c3ccc(Cl)cc3)NC(=O)C/C=C/[C@@H]2C)cc1. The van der Waals surface area contributed by atoms with Crippen LogP contribution in [0.4, 0.5) is 0 Å². The summed E-state index contributed by atoms with van der Waals surface area (Å²) >= 11 is 6.11. The van der Waals surface area contributed by atoms with Crippen molar-refractivity contribution in [2.24, 2.45) is 5.92 Å². The summed E-state index contributed by atoms with van der Waals surface area (Å²) in [5.41, 5.74) is 3.64. The van der Waals surface area contributed by atoms with Crippen molar-refractivity contribution in [2.45, 2.75) is 56.1 Å². The number of halogens is 1. The molecule has 0 unspecified atom stereocenters. The summed E-state index contributed by atoms with van der Waals surface area (Å²) in [4.78, 5) is 44.6. The van der Waals surface area contributed by atoms with Crippen LogP contribution in [0.5, 0.6) is 0 Å². The zero-order valence-electron chi connectivity index (χ0n) is 27.6. The molecule has 3 heterocycles. The van der Waals surface area contributed by atoms with Crippen LogP contribution in [-0.4, -0.2) is 41.1 Å². The highest BCUT2D eigenvalue weighted by Gasteiger charge is 2.32. The van der Waals surface area contributed by atoms with Crippen LogP contribution < -0.4 is 16.0 Å². The van der Waals surface area contributed by atoms with Crippen LogP contribution >= 0.6 is 11.6 Å². The standard InChI is InChI=1S/C38H38ClN5O5S/c1-24-12-18-29(19-13-24)50(48,49)44-20-6-10-34(44)37-25(2)7-5-11-35(45)41-32(26-14-16-28(39)17-15-26)22-36(46)42-33(38(47)43-37)21-27-23-40-31-9-4-3-8-30(27)31/h3-10,12-20,23,25,32-33,37,40H,11,21-22H2,1-2H3,(H,41,45)(H,42,46)(H,43,47)/b7-5+/t25-,32-,33-,37+/m0/s1. The molecule has 4 atom stereocenters. The van der Waals surface area contributed by atoms with Crippen LogP contribution in [0.2, 0.25) is 5.02 Å². The fraction of sp³-hybridized carbons (Fsp3) is 0.237. The maximum Gasteiger partial charge on any atom is 0.267 e. The molecule has 3 aromatic carbocycles. The number of para-hydroxylation sites is 1. The second-order valence-electron chi connectivity index (χ2n) is 12.6. The monoisotopic (exact) mass is 711 g/mol. The van der Waals surface area contributed by atoms with E-state index in [0.717, 1.165) is 22.0 Å². The predicted molar refractivity (Wildman–Crippen MR) is 193 cm³/mol. The van der Waals surface area contributed by atoms with E-state index >= 15 is 0 Å². The third-order valence-electron chi connectivity index (χ3n) is 8.95. The highest BCUT2D eigenvalue weighted by atomic mass is 35.5. The first-order valence-electron chi connectivity index (χ1n) is 16.4. The van der Waals surface area contributed by atoms with Crippen molar-refractivity contribution in [1.29, 1.82) is 0 Å². The molecule has 1 aliphatic heterocycles. The molecule has 10 nitrogen and oxygen atoms in total. The Labute approximate surface area is 296 Å². The Bertz CT molecular complexity index is 2160. The number of aromatic nitrogens is 2. The molecule has 3 amide bonds. The van der Waals surface area contributed by atoms with Gasteiger partial charge in [-0.1, -0.05) is 78.7 Å². The molecule has 50 heavy (non-hydrogen) atoms. The van der Waals surface area contributed by atoms with Gasteiger partial charge in [0.05, 0.1) is 29.1 Å². The summed E-state index contributed by atoms with van der Waals surface area (Å²) in [6.45, 7) is 3.71. The zero-order chi connectivity index (χ0) is 35.4. The van der Waals surface area contributed by atoms with Gasteiger partial charge in [0.2, 0.25) is 17.7 Å². The number of benzene rings is 3. The molecule has 0 spiro atoms. The maximum atomic E-state index is 14.3. The van der Waals surface area contributed by atoms with Gasteiger partial charge in [0, 0.05) is 41.2 Å². The highest BCUT2D eigenvalue weighted by molar-refractivity contribution is 7.90. The van der Waals surface area contributed by atoms with E-state index in [1.807, 2.05) is 44.3 Å². The fourth-order valence-corrected chi connectivity index (χ4v) is 7.78. The van der Waals surface area contributed by atoms with Gasteiger partial charge in [-0.3, -0.25) is 14.4 Å². The van der Waals surface area contributed by atoms with Crippen molar-refractivity contribution in [3.8, 4) is 0 Å². The summed E-state index contributed by atoms with van der Waals surface area (Å²) in [5, 5.41) is 10.4. The van der Waals surface area contributed by atoms with E-state index in [0.29, 0.717) is 16.3 Å². The van der Waals surface area contributed by atoms with Crippen LogP contribution in [0.15, 0.2) is 114 Å². The number of nitrogens with one attached hydrogen (secondary N) is 4. The molecular formula is C38H38ClN5O5S. The Morgan fingerprint density at radius 3 is 2.36 bits per heavy atom. The van der Waals surface area contributed by atoms with E-state index in [1.165, 1.54) is 10.2 Å². The van der Waals surface area contributed by atoms with Crippen LogP contribution in [0.1, 0.15) is 54.2 Å². The predicted octanol–water partition coefficient (Wildman–Crippen LogP) is 5.90. The van der Waals surface area contributed by atoms with Crippen LogP contribution in [0.3, 0.4) is 0 Å². The van der Waals surface area contributed by atoms with Gasteiger partial charge < -0.3 is 20.9 Å². The van der Waals surface area contributed by atoms with E-state index in [-0.39, 0.29) is 30.1 Å². The lowest BCUT2D eigenvalue weighted by atomic mass is 9.96. The molecule has 0 fully saturated rings. The van der Waals surface area contributed by atoms with Crippen molar-refractivity contribution < 1.29 is 22.8 Å². The first-order valence-corrected chi connectivity index (χ1v) is 18.2. The number of fused-ring (bicyclic) bond motifs is 1. The lowest BCUT2D eigenvalue weighted by Crippen LogP contribution is -2.50. The zero-order valence-corrected chi connectivity index (χ0v) is 29.2. The molecule has 0 aliphatic carbocycles. The lowest BCUT2D eigenvalue weighted by Gasteiger charge is -2.28. The number of rotatable bonds is 6. The number of hydrogen-bond donors (Lipinski definition) is 4. The van der Waals surface area contributed by atoms with Crippen molar-refractivity contribution in [2.75, 3.05) is 0 Å². The van der Waals surface area contributed by atoms with Crippen molar-refractivity contribution >= 4 is 50.2 Å². The Kier molecular flexibility index (Phi) is 10.3. The minimum Gasteiger partial charge on any atom is -0.361 e. The minimum atomic E-state index is -4.03. The van der Waals surface area contributed by atoms with Gasteiger partial charge >= 0.3 is 0 Å². The lowest BCUT2D eigenvalue weighted by molar-refractivity contribution is -0.130. The molecule has 12 heteroatoms. The van der Waals surface area contributed by atoms with Gasteiger partial charge in [-0.2, -0.15) is 0 Å². The molecule has 6 rings (SSSR count). The van der Waals surface area contributed by atoms with E-state index in [2.05, 4.69) is 20.9 Å². The van der Waals surface area contributed by atoms with E-state index in [1.54, 1.807) is 72.8 Å². The molecule has 2 aromatic heterocycles. The Morgan fingerprint density at radius 2 is 1.60 bits per heavy atom. The molecule has 258 valence electrons. The van der Waals surface area contributed by atoms with Crippen molar-refractivity contribution in [1.82, 2.24) is 24.9 Å². The van der Waals surface area contributed by atoms with Crippen LogP contribution in [0.25, 0.3) is 10.9 Å². The van der Waals surface area contributed by atoms with Gasteiger partial charge in [-0.05, 0) is 66.4 Å². The van der Waals surface area contributed by atoms with Crippen LogP contribution in [-0.2, 0) is 30.8 Å². The number of aryl methyl sites for hydroxylation is 1. The number of aromatic amines is 1. The number of amides is 3. The van der Waals surface area contributed by atoms with Gasteiger partial charge in [-0.25, -0.2) is 12.4 Å². The first kappa shape index (κ1) is 34.7. The average Bonchev–Trinajstić information content (AvgIpc) is 3.75. The second kappa shape index (κ2) is 14.8. The largest absolute Gasteiger partial charge is 0.361 e. The highest BCUT2D eigenvalue weighted by Crippen LogP contribution is 2.29. The maximum absolute atomic E-state index is 14.3. The number of carbonyl (C=O) groups is 3. The second-order valence-corrected chi connectivity index (χ2v) is 14.8. The molecule has 0 saturated heterocycles. The summed E-state index contributed by atoms with van der Waals surface area (Å²) < 4.78 is 28.9. The summed E-state index contributed by atoms with van der Waals surface area (Å²) in [7, 11) is -4.03. The first-order chi connectivity index (χ1) is 24.0. The van der Waals surface area contributed by atoms with E-state index in [4.69, 9.17) is 11.6 Å². The number of H-pyrrole nitrogens is 1. The quantitative estimate of drug-likeness (QED) is 0.162. The normalized spacial score (nSPS) is 21.5. The molecule has 5 aromatic rings. The average molecular weight is 712 g/mol. The third-order valence-corrected chi connectivity index (χ3v) is 10.9. The van der Waals surface area contributed by atoms with E-state index < -0.39 is 45.9 Å². The molecule has 0 bridgehead atoms. The van der Waals surface area contributed by atoms with Gasteiger partial charge in [0.25, 0.3) is 10.0 Å². The molecule has 4 N–H and O–H groups in total. The smallest absolute Gasteiger partial charge is 0.267 e. The van der Waals surface area contributed by atoms with Gasteiger partial charge in [-0.15, -0.1) is 0 Å². The summed E-state index contributed by atoms with van der Waals surface area (Å²) in [6.07, 6.45) is 6.77. The molecular weight excluding hydrogens is 674 g/mol. The minimum absolute atomic E-state index is 0.00256. The number of carbonyl (C=O) groups excluding carboxylic acids is 3. The van der Waals surface area contributed by atoms with Gasteiger partial charge in [0.1, 0.15) is 6.04 Å². The van der Waals surface area contributed by atoms with Crippen molar-refractivity contribution in [3.63, 3.8) is 0 Å². The molecule has 0 radical (unpaired) electrons. The molecule has 1 aliphatic rings. The fourth-order valence-electron chi connectivity index (χ4n) is 6.26. The number of hydrogen-bond acceptors (Lipinski definition) is 5. The van der Waals surface area contributed by atoms with Gasteiger partial charge in [0.15, 0.2) is 0 Å². The number of nitrogens with zero attached hydrogens (tertiary/aromatic N) is 1. The topological polar surface area (TPSA) is 142 Å².